The van der Waals surface area contributed by atoms with Crippen LogP contribution in [0.15, 0.2) is 47.8 Å². The van der Waals surface area contributed by atoms with Gasteiger partial charge in [-0.2, -0.15) is 0 Å². The van der Waals surface area contributed by atoms with Crippen molar-refractivity contribution in [2.45, 2.75) is 25.7 Å². The fourth-order valence-corrected chi connectivity index (χ4v) is 2.55. The number of aliphatic hydroxyl groups is 1. The molecule has 0 aliphatic rings. The van der Waals surface area contributed by atoms with Crippen molar-refractivity contribution in [2.75, 3.05) is 13.2 Å². The molecule has 0 unspecified atom stereocenters. The molecule has 142 valence electrons. The SMILES string of the molecule is CC[C@H](CO)O[C@H](COC(=O)c1ccccc1)n1cnc2c(=O)[nH]cnc21. The van der Waals surface area contributed by atoms with Crippen LogP contribution in [0.25, 0.3) is 11.2 Å². The maximum atomic E-state index is 12.2. The van der Waals surface area contributed by atoms with Gasteiger partial charge in [-0.25, -0.2) is 14.8 Å². The summed E-state index contributed by atoms with van der Waals surface area (Å²) in [7, 11) is 0. The highest BCUT2D eigenvalue weighted by molar-refractivity contribution is 5.89. The van der Waals surface area contributed by atoms with Crippen LogP contribution >= 0.6 is 0 Å². The zero-order valence-electron chi connectivity index (χ0n) is 14.7. The maximum Gasteiger partial charge on any atom is 0.338 e. The standard InChI is InChI=1S/C18H20N4O5/c1-2-13(8-23)27-14(9-26-18(25)12-6-4-3-5-7-12)22-11-21-15-16(22)19-10-20-17(15)24/h3-7,10-11,13-14,23H,2,8-9H2,1H3,(H,19,20,24)/t13-,14-/m1/s1. The summed E-state index contributed by atoms with van der Waals surface area (Å²) in [6.07, 6.45) is 1.95. The lowest BCUT2D eigenvalue weighted by Crippen LogP contribution is -2.27. The minimum atomic E-state index is -0.797. The van der Waals surface area contributed by atoms with E-state index in [1.54, 1.807) is 30.3 Å². The van der Waals surface area contributed by atoms with E-state index >= 15 is 0 Å². The van der Waals surface area contributed by atoms with E-state index in [9.17, 15) is 14.7 Å². The van der Waals surface area contributed by atoms with Crippen LogP contribution in [0.4, 0.5) is 0 Å². The maximum absolute atomic E-state index is 12.2. The molecule has 0 aliphatic carbocycles. The van der Waals surface area contributed by atoms with Crippen LogP contribution in [0.3, 0.4) is 0 Å². The second-order valence-electron chi connectivity index (χ2n) is 5.82. The minimum Gasteiger partial charge on any atom is -0.457 e. The van der Waals surface area contributed by atoms with Crippen LogP contribution in [0.2, 0.25) is 0 Å². The second kappa shape index (κ2) is 8.56. The fraction of sp³-hybridized carbons (Fsp3) is 0.333. The zero-order chi connectivity index (χ0) is 19.2. The second-order valence-corrected chi connectivity index (χ2v) is 5.82. The van der Waals surface area contributed by atoms with Crippen LogP contribution in [0, 0.1) is 0 Å². The summed E-state index contributed by atoms with van der Waals surface area (Å²) in [5.74, 6) is -0.503. The molecule has 0 aliphatic heterocycles. The third kappa shape index (κ3) is 4.21. The van der Waals surface area contributed by atoms with Gasteiger partial charge in [0.1, 0.15) is 6.61 Å². The molecule has 9 heteroatoms. The number of rotatable bonds is 8. The van der Waals surface area contributed by atoms with Crippen molar-refractivity contribution in [3.63, 3.8) is 0 Å². The van der Waals surface area contributed by atoms with E-state index in [2.05, 4.69) is 15.0 Å². The number of aromatic nitrogens is 4. The van der Waals surface area contributed by atoms with Crippen molar-refractivity contribution in [3.05, 3.63) is 58.9 Å². The number of nitrogens with zero attached hydrogens (tertiary/aromatic N) is 3. The number of esters is 1. The molecule has 0 amide bonds. The molecular weight excluding hydrogens is 352 g/mol. The van der Waals surface area contributed by atoms with Gasteiger partial charge in [0.05, 0.1) is 30.9 Å². The zero-order valence-corrected chi connectivity index (χ0v) is 14.7. The third-order valence-electron chi connectivity index (χ3n) is 4.05. The monoisotopic (exact) mass is 372 g/mol. The van der Waals surface area contributed by atoms with Crippen molar-refractivity contribution < 1.29 is 19.4 Å². The average molecular weight is 372 g/mol. The van der Waals surface area contributed by atoms with Crippen LogP contribution < -0.4 is 5.56 Å². The number of hydrogen-bond donors (Lipinski definition) is 2. The lowest BCUT2D eigenvalue weighted by molar-refractivity contribution is -0.0988. The molecule has 1 aromatic carbocycles. The number of H-pyrrole nitrogens is 1. The summed E-state index contributed by atoms with van der Waals surface area (Å²) < 4.78 is 12.8. The first-order valence-corrected chi connectivity index (χ1v) is 8.52. The highest BCUT2D eigenvalue weighted by atomic mass is 16.6. The molecule has 2 atom stereocenters. The third-order valence-corrected chi connectivity index (χ3v) is 4.05. The normalized spacial score (nSPS) is 13.4. The van der Waals surface area contributed by atoms with Crippen molar-refractivity contribution in [1.29, 1.82) is 0 Å². The number of ether oxygens (including phenoxy) is 2. The average Bonchev–Trinajstić information content (AvgIpc) is 3.14. The molecule has 3 rings (SSSR count). The Hall–Kier alpha value is -3.04. The van der Waals surface area contributed by atoms with E-state index in [4.69, 9.17) is 9.47 Å². The van der Waals surface area contributed by atoms with E-state index < -0.39 is 18.3 Å². The number of carbonyl (C=O) groups is 1. The highest BCUT2D eigenvalue weighted by Crippen LogP contribution is 2.19. The van der Waals surface area contributed by atoms with Gasteiger partial charge in [0.2, 0.25) is 0 Å². The minimum absolute atomic E-state index is 0.135. The Labute approximate surface area is 154 Å². The molecule has 0 radical (unpaired) electrons. The molecule has 2 aromatic heterocycles. The van der Waals surface area contributed by atoms with Gasteiger partial charge in [-0.05, 0) is 18.6 Å². The van der Waals surface area contributed by atoms with E-state index in [1.165, 1.54) is 17.2 Å². The van der Waals surface area contributed by atoms with Gasteiger partial charge in [0.15, 0.2) is 17.4 Å². The number of fused-ring (bicyclic) bond motifs is 1. The van der Waals surface area contributed by atoms with Gasteiger partial charge >= 0.3 is 5.97 Å². The van der Waals surface area contributed by atoms with Crippen molar-refractivity contribution >= 4 is 17.1 Å². The summed E-state index contributed by atoms with van der Waals surface area (Å²) in [6, 6.07) is 8.58. The van der Waals surface area contributed by atoms with Crippen LogP contribution in [0.5, 0.6) is 0 Å². The molecular formula is C18H20N4O5. The van der Waals surface area contributed by atoms with Gasteiger partial charge in [0.25, 0.3) is 5.56 Å². The Balaban J connectivity index is 1.85. The van der Waals surface area contributed by atoms with Gasteiger partial charge < -0.3 is 19.6 Å². The first-order valence-electron chi connectivity index (χ1n) is 8.52. The summed E-state index contributed by atoms with van der Waals surface area (Å²) in [5.41, 5.74) is 0.480. The number of imidazole rings is 1. The smallest absolute Gasteiger partial charge is 0.338 e. The van der Waals surface area contributed by atoms with Crippen LogP contribution in [0.1, 0.15) is 29.9 Å². The number of hydrogen-bond acceptors (Lipinski definition) is 7. The quantitative estimate of drug-likeness (QED) is 0.571. The summed E-state index contributed by atoms with van der Waals surface area (Å²) in [4.78, 5) is 34.7. The topological polar surface area (TPSA) is 119 Å². The van der Waals surface area contributed by atoms with E-state index in [0.29, 0.717) is 17.6 Å². The Morgan fingerprint density at radius 3 is 2.78 bits per heavy atom. The number of aromatic amines is 1. The van der Waals surface area contributed by atoms with Crippen LogP contribution in [-0.4, -0.2) is 49.9 Å². The molecule has 27 heavy (non-hydrogen) atoms. The Kier molecular flexibility index (Phi) is 5.94. The summed E-state index contributed by atoms with van der Waals surface area (Å²) in [5, 5.41) is 9.46. The molecule has 0 saturated heterocycles. The number of nitrogens with one attached hydrogen (secondary N) is 1. The molecule has 2 heterocycles. The Bertz CT molecular complexity index is 949. The Morgan fingerprint density at radius 2 is 2.07 bits per heavy atom. The molecule has 0 spiro atoms. The first-order chi connectivity index (χ1) is 13.1. The number of carbonyl (C=O) groups excluding carboxylic acids is 1. The van der Waals surface area contributed by atoms with Crippen molar-refractivity contribution in [1.82, 2.24) is 19.5 Å². The van der Waals surface area contributed by atoms with Gasteiger partial charge in [-0.15, -0.1) is 0 Å². The molecule has 2 N–H and O–H groups in total. The van der Waals surface area contributed by atoms with E-state index in [1.807, 2.05) is 6.92 Å². The predicted octanol–water partition coefficient (Wildman–Crippen LogP) is 1.26. The van der Waals surface area contributed by atoms with Gasteiger partial charge in [0, 0.05) is 0 Å². The van der Waals surface area contributed by atoms with E-state index in [0.717, 1.165) is 0 Å². The highest BCUT2D eigenvalue weighted by Gasteiger charge is 2.22. The summed E-state index contributed by atoms with van der Waals surface area (Å²) >= 11 is 0. The molecule has 0 saturated carbocycles. The first kappa shape index (κ1) is 18.7. The van der Waals surface area contributed by atoms with Crippen molar-refractivity contribution in [2.24, 2.45) is 0 Å². The van der Waals surface area contributed by atoms with E-state index in [-0.39, 0.29) is 24.3 Å². The van der Waals surface area contributed by atoms with Gasteiger partial charge in [-0.1, -0.05) is 25.1 Å². The van der Waals surface area contributed by atoms with Gasteiger partial charge in [-0.3, -0.25) is 9.36 Å². The van der Waals surface area contributed by atoms with Crippen LogP contribution in [-0.2, 0) is 9.47 Å². The number of aliphatic hydroxyl groups excluding tert-OH is 1. The molecule has 9 nitrogen and oxygen atoms in total. The Morgan fingerprint density at radius 1 is 1.30 bits per heavy atom. The summed E-state index contributed by atoms with van der Waals surface area (Å²) in [6.45, 7) is 1.54. The lowest BCUT2D eigenvalue weighted by Gasteiger charge is -2.24. The largest absolute Gasteiger partial charge is 0.457 e. The van der Waals surface area contributed by atoms with Crippen molar-refractivity contribution in [3.8, 4) is 0 Å². The molecule has 0 bridgehead atoms. The lowest BCUT2D eigenvalue weighted by atomic mass is 10.2. The molecule has 0 fully saturated rings. The number of benzene rings is 1. The predicted molar refractivity (Wildman–Crippen MR) is 96.2 cm³/mol. The fourth-order valence-electron chi connectivity index (χ4n) is 2.55. The molecule has 3 aromatic rings.